The minimum Gasteiger partial charge on any atom is -0.388 e. The predicted molar refractivity (Wildman–Crippen MR) is 89.6 cm³/mol. The van der Waals surface area contributed by atoms with Gasteiger partial charge in [-0.1, -0.05) is 45.7 Å². The first-order valence-corrected chi connectivity index (χ1v) is 8.28. The highest BCUT2D eigenvalue weighted by Crippen LogP contribution is 2.32. The lowest BCUT2D eigenvalue weighted by Crippen LogP contribution is -2.02. The minimum absolute atomic E-state index is 0.570. The number of hydrogen-bond acceptors (Lipinski definition) is 2. The molecule has 4 heteroatoms. The topological polar surface area (TPSA) is 20.2 Å². The van der Waals surface area contributed by atoms with Crippen LogP contribution >= 0.6 is 38.9 Å². The number of benzene rings is 2. The Morgan fingerprint density at radius 1 is 1.20 bits per heavy atom. The molecule has 0 saturated carbocycles. The van der Waals surface area contributed by atoms with Gasteiger partial charge in [0.05, 0.1) is 6.10 Å². The van der Waals surface area contributed by atoms with Crippen LogP contribution in [0.5, 0.6) is 0 Å². The summed E-state index contributed by atoms with van der Waals surface area (Å²) in [6, 6.07) is 13.8. The van der Waals surface area contributed by atoms with E-state index in [1.54, 1.807) is 17.4 Å². The monoisotopic (exact) mass is 366 g/mol. The van der Waals surface area contributed by atoms with Gasteiger partial charge in [-0.05, 0) is 40.6 Å². The van der Waals surface area contributed by atoms with E-state index in [0.29, 0.717) is 11.4 Å². The predicted octanol–water partition coefficient (Wildman–Crippen LogP) is 5.59. The van der Waals surface area contributed by atoms with Crippen molar-refractivity contribution >= 4 is 49.0 Å². The fourth-order valence-corrected chi connectivity index (χ4v) is 3.88. The second-order valence-electron chi connectivity index (χ2n) is 4.64. The number of aliphatic hydroxyl groups excluding tert-OH is 1. The molecule has 0 saturated heterocycles. The smallest absolute Gasteiger partial charge is 0.0845 e. The van der Waals surface area contributed by atoms with Gasteiger partial charge in [0.15, 0.2) is 0 Å². The Balaban J connectivity index is 1.92. The summed E-state index contributed by atoms with van der Waals surface area (Å²) in [5.74, 6) is 0. The fraction of sp³-hybridized carbons (Fsp3) is 0.125. The summed E-state index contributed by atoms with van der Waals surface area (Å²) in [5, 5.41) is 14.4. The van der Waals surface area contributed by atoms with Gasteiger partial charge in [-0.2, -0.15) is 0 Å². The zero-order chi connectivity index (χ0) is 14.1. The Morgan fingerprint density at radius 3 is 2.85 bits per heavy atom. The van der Waals surface area contributed by atoms with Crippen molar-refractivity contribution in [2.75, 3.05) is 0 Å². The summed E-state index contributed by atoms with van der Waals surface area (Å²) in [6.45, 7) is 0. The van der Waals surface area contributed by atoms with E-state index in [1.807, 2.05) is 24.3 Å². The maximum Gasteiger partial charge on any atom is 0.0845 e. The van der Waals surface area contributed by atoms with Crippen LogP contribution in [0.4, 0.5) is 0 Å². The van der Waals surface area contributed by atoms with Gasteiger partial charge < -0.3 is 5.11 Å². The van der Waals surface area contributed by atoms with Crippen LogP contribution in [0, 0.1) is 0 Å². The molecule has 3 aromatic rings. The lowest BCUT2D eigenvalue weighted by molar-refractivity contribution is 0.179. The van der Waals surface area contributed by atoms with Crippen molar-refractivity contribution in [3.05, 3.63) is 68.5 Å². The van der Waals surface area contributed by atoms with Crippen molar-refractivity contribution in [2.24, 2.45) is 0 Å². The lowest BCUT2D eigenvalue weighted by Gasteiger charge is -2.13. The van der Waals surface area contributed by atoms with Gasteiger partial charge in [-0.15, -0.1) is 11.3 Å². The van der Waals surface area contributed by atoms with Gasteiger partial charge in [0.25, 0.3) is 0 Å². The molecular weight excluding hydrogens is 356 g/mol. The number of thiophene rings is 1. The van der Waals surface area contributed by atoms with Crippen LogP contribution in [0.3, 0.4) is 0 Å². The highest BCUT2D eigenvalue weighted by atomic mass is 79.9. The lowest BCUT2D eigenvalue weighted by atomic mass is 10.0. The SMILES string of the molecule is OC(Cc1csc2ccccc12)c1cc(Br)ccc1Cl. The van der Waals surface area contributed by atoms with Crippen LogP contribution in [0.1, 0.15) is 17.2 Å². The number of halogens is 2. The number of aliphatic hydroxyl groups is 1. The second kappa shape index (κ2) is 5.86. The molecule has 1 nitrogen and oxygen atoms in total. The molecular formula is C16H12BrClOS. The second-order valence-corrected chi connectivity index (χ2v) is 6.88. The molecule has 2 aromatic carbocycles. The summed E-state index contributed by atoms with van der Waals surface area (Å²) in [6.07, 6.45) is -0.0294. The van der Waals surface area contributed by atoms with Gasteiger partial charge in [-0.25, -0.2) is 0 Å². The van der Waals surface area contributed by atoms with Gasteiger partial charge in [0.1, 0.15) is 0 Å². The van der Waals surface area contributed by atoms with E-state index < -0.39 is 6.10 Å². The van der Waals surface area contributed by atoms with Crippen LogP contribution in [-0.2, 0) is 6.42 Å². The van der Waals surface area contributed by atoms with Gasteiger partial charge >= 0.3 is 0 Å². The molecule has 1 N–H and O–H groups in total. The molecule has 0 aliphatic heterocycles. The minimum atomic E-state index is -0.599. The fourth-order valence-electron chi connectivity index (χ4n) is 2.28. The van der Waals surface area contributed by atoms with Crippen LogP contribution < -0.4 is 0 Å². The molecule has 0 bridgehead atoms. The maximum atomic E-state index is 10.5. The molecule has 0 radical (unpaired) electrons. The molecule has 0 fully saturated rings. The molecule has 1 aromatic heterocycles. The van der Waals surface area contributed by atoms with Crippen LogP contribution in [0.15, 0.2) is 52.3 Å². The van der Waals surface area contributed by atoms with Crippen molar-refractivity contribution in [3.63, 3.8) is 0 Å². The van der Waals surface area contributed by atoms with Crippen LogP contribution in [0.2, 0.25) is 5.02 Å². The first-order valence-electron chi connectivity index (χ1n) is 6.23. The maximum absolute atomic E-state index is 10.5. The molecule has 1 heterocycles. The first kappa shape index (κ1) is 14.1. The zero-order valence-corrected chi connectivity index (χ0v) is 13.7. The van der Waals surface area contributed by atoms with Crippen LogP contribution in [0.25, 0.3) is 10.1 Å². The van der Waals surface area contributed by atoms with Crippen molar-refractivity contribution in [1.29, 1.82) is 0 Å². The van der Waals surface area contributed by atoms with Gasteiger partial charge in [0.2, 0.25) is 0 Å². The standard InChI is InChI=1S/C16H12BrClOS/c17-11-5-6-14(18)13(8-11)15(19)7-10-9-20-16-4-2-1-3-12(10)16/h1-6,8-9,15,19H,7H2. The number of hydrogen-bond donors (Lipinski definition) is 1. The Labute approximate surface area is 135 Å². The van der Waals surface area contributed by atoms with Crippen molar-refractivity contribution in [2.45, 2.75) is 12.5 Å². The zero-order valence-electron chi connectivity index (χ0n) is 10.5. The average Bonchev–Trinajstić information content (AvgIpc) is 2.85. The third-order valence-corrected chi connectivity index (χ3v) is 5.14. The molecule has 0 amide bonds. The largest absolute Gasteiger partial charge is 0.388 e. The average molecular weight is 368 g/mol. The molecule has 0 aliphatic rings. The third kappa shape index (κ3) is 2.77. The Bertz CT molecular complexity index is 753. The third-order valence-electron chi connectivity index (χ3n) is 3.29. The summed E-state index contributed by atoms with van der Waals surface area (Å²) in [5.41, 5.74) is 1.92. The molecule has 1 atom stereocenters. The van der Waals surface area contributed by atoms with E-state index in [4.69, 9.17) is 11.6 Å². The highest BCUT2D eigenvalue weighted by molar-refractivity contribution is 9.10. The Hall–Kier alpha value is -0.870. The van der Waals surface area contributed by atoms with E-state index >= 15 is 0 Å². The van der Waals surface area contributed by atoms with E-state index in [1.165, 1.54) is 10.1 Å². The molecule has 102 valence electrons. The van der Waals surface area contributed by atoms with E-state index in [9.17, 15) is 5.11 Å². The van der Waals surface area contributed by atoms with Gasteiger partial charge in [-0.3, -0.25) is 0 Å². The van der Waals surface area contributed by atoms with E-state index in [-0.39, 0.29) is 0 Å². The summed E-state index contributed by atoms with van der Waals surface area (Å²) in [7, 11) is 0. The Kier molecular flexibility index (Phi) is 4.13. The first-order chi connectivity index (χ1) is 9.65. The van der Waals surface area contributed by atoms with Crippen molar-refractivity contribution in [1.82, 2.24) is 0 Å². The molecule has 20 heavy (non-hydrogen) atoms. The molecule has 1 unspecified atom stereocenters. The van der Waals surface area contributed by atoms with Crippen molar-refractivity contribution in [3.8, 4) is 0 Å². The number of rotatable bonds is 3. The summed E-state index contributed by atoms with van der Waals surface area (Å²) >= 11 is 11.3. The molecule has 0 spiro atoms. The Morgan fingerprint density at radius 2 is 2.00 bits per heavy atom. The van der Waals surface area contributed by atoms with Crippen molar-refractivity contribution < 1.29 is 5.11 Å². The normalized spacial score (nSPS) is 12.8. The van der Waals surface area contributed by atoms with Crippen LogP contribution in [-0.4, -0.2) is 5.11 Å². The van der Waals surface area contributed by atoms with E-state index in [2.05, 4.69) is 33.4 Å². The summed E-state index contributed by atoms with van der Waals surface area (Å²) < 4.78 is 2.17. The summed E-state index contributed by atoms with van der Waals surface area (Å²) in [4.78, 5) is 0. The van der Waals surface area contributed by atoms with Gasteiger partial charge in [0, 0.05) is 26.2 Å². The molecule has 0 aliphatic carbocycles. The van der Waals surface area contributed by atoms with E-state index in [0.717, 1.165) is 15.6 Å². The number of fused-ring (bicyclic) bond motifs is 1. The highest BCUT2D eigenvalue weighted by Gasteiger charge is 2.15. The quantitative estimate of drug-likeness (QED) is 0.639. The molecule has 3 rings (SSSR count).